The van der Waals surface area contributed by atoms with Gasteiger partial charge < -0.3 is 29.4 Å². The number of amides is 1. The molecule has 12 heteroatoms. The minimum atomic E-state index is -4.21. The Bertz CT molecular complexity index is 1540. The Labute approximate surface area is 275 Å². The zero-order chi connectivity index (χ0) is 32.6. The second-order valence-corrected chi connectivity index (χ2v) is 14.1. The van der Waals surface area contributed by atoms with E-state index in [0.29, 0.717) is 31.8 Å². The molecular weight excluding hydrogens is 624 g/mol. The van der Waals surface area contributed by atoms with E-state index in [1.165, 1.54) is 12.1 Å². The Morgan fingerprint density at radius 2 is 1.60 bits per heavy atom. The Morgan fingerprint density at radius 3 is 2.30 bits per heavy atom. The Hall–Kier alpha value is -3.52. The van der Waals surface area contributed by atoms with Crippen molar-refractivity contribution in [2.24, 2.45) is 5.92 Å². The van der Waals surface area contributed by atoms with Crippen LogP contribution in [0.5, 0.6) is 5.75 Å². The zero-order valence-electron chi connectivity index (χ0n) is 26.2. The van der Waals surface area contributed by atoms with Crippen LogP contribution in [0.1, 0.15) is 43.2 Å². The molecule has 0 aromatic heterocycles. The number of nitrogens with one attached hydrogen (secondary N) is 1. The van der Waals surface area contributed by atoms with Gasteiger partial charge in [-0.3, -0.25) is 4.84 Å². The lowest BCUT2D eigenvalue weighted by Crippen LogP contribution is -2.51. The van der Waals surface area contributed by atoms with Gasteiger partial charge in [-0.15, -0.1) is 0 Å². The van der Waals surface area contributed by atoms with Gasteiger partial charge >= 0.3 is 6.09 Å². The number of benzene rings is 3. The lowest BCUT2D eigenvalue weighted by molar-refractivity contribution is -0.145. The van der Waals surface area contributed by atoms with E-state index in [9.17, 15) is 18.3 Å². The van der Waals surface area contributed by atoms with Crippen LogP contribution in [0.15, 0.2) is 89.8 Å². The van der Waals surface area contributed by atoms with Gasteiger partial charge in [0.2, 0.25) is 0 Å². The van der Waals surface area contributed by atoms with Gasteiger partial charge in [0, 0.05) is 0 Å². The van der Waals surface area contributed by atoms with Crippen LogP contribution in [0, 0.1) is 5.92 Å². The van der Waals surface area contributed by atoms with E-state index >= 15 is 0 Å². The van der Waals surface area contributed by atoms with Gasteiger partial charge in [-0.1, -0.05) is 78.0 Å². The van der Waals surface area contributed by atoms with Crippen LogP contribution in [0.25, 0.3) is 0 Å². The molecular formula is C35H42N2O9S. The highest BCUT2D eigenvalue weighted by Gasteiger charge is 2.44. The van der Waals surface area contributed by atoms with Crippen molar-refractivity contribution in [3.05, 3.63) is 96.1 Å². The number of alkyl carbamates (subject to hydrolysis) is 1. The maximum atomic E-state index is 14.0. The second-order valence-electron chi connectivity index (χ2n) is 12.2. The standard InChI is InChI=1S/C35H42N2O9S/c38-32(31(21-25-9-3-1-4-10-25)36-35(39)45-33-24-44-34-30(33)19-20-42-34)22-37(46-28-13-7-8-14-28)47(40,41)29-17-15-27(16-18-29)43-23-26-11-5-2-6-12-26/h1-6,9-12,15-18,28,30-34,38H,7-8,13-14,19-24H2,(H,36,39)/t30-,31-,32+,33-,34+/m0/s1. The largest absolute Gasteiger partial charge is 0.489 e. The number of nitrogens with zero attached hydrogens (tertiary/aromatic N) is 1. The van der Waals surface area contributed by atoms with Crippen LogP contribution >= 0.6 is 0 Å². The Morgan fingerprint density at radius 1 is 0.915 bits per heavy atom. The number of aliphatic hydroxyl groups is 1. The van der Waals surface area contributed by atoms with Crippen molar-refractivity contribution in [1.82, 2.24) is 9.79 Å². The van der Waals surface area contributed by atoms with E-state index in [0.717, 1.165) is 34.9 Å². The summed E-state index contributed by atoms with van der Waals surface area (Å²) in [5, 5.41) is 14.4. The van der Waals surface area contributed by atoms with Crippen molar-refractivity contribution in [3.8, 4) is 5.75 Å². The fourth-order valence-electron chi connectivity index (χ4n) is 6.23. The summed E-state index contributed by atoms with van der Waals surface area (Å²) in [5.74, 6) is 0.471. The third-order valence-electron chi connectivity index (χ3n) is 8.85. The average Bonchev–Trinajstić information content (AvgIpc) is 3.85. The number of hydrogen-bond acceptors (Lipinski definition) is 9. The number of aliphatic hydroxyl groups excluding tert-OH is 1. The first-order chi connectivity index (χ1) is 22.8. The van der Waals surface area contributed by atoms with E-state index in [-0.39, 0.29) is 36.2 Å². The number of carbonyl (C=O) groups is 1. The van der Waals surface area contributed by atoms with E-state index in [1.54, 1.807) is 12.1 Å². The molecule has 0 unspecified atom stereocenters. The molecule has 5 atom stereocenters. The smallest absolute Gasteiger partial charge is 0.407 e. The Kier molecular flexibility index (Phi) is 11.1. The van der Waals surface area contributed by atoms with Crippen LogP contribution in [-0.2, 0) is 42.1 Å². The molecule has 3 aromatic carbocycles. The van der Waals surface area contributed by atoms with Crippen LogP contribution in [0.4, 0.5) is 4.79 Å². The summed E-state index contributed by atoms with van der Waals surface area (Å²) < 4.78 is 51.6. The molecule has 1 saturated carbocycles. The topological polar surface area (TPSA) is 133 Å². The summed E-state index contributed by atoms with van der Waals surface area (Å²) in [4.78, 5) is 19.2. The molecule has 3 fully saturated rings. The second kappa shape index (κ2) is 15.6. The summed E-state index contributed by atoms with van der Waals surface area (Å²) in [6.07, 6.45) is 1.02. The third kappa shape index (κ3) is 8.69. The number of hydroxylamine groups is 1. The highest BCUT2D eigenvalue weighted by molar-refractivity contribution is 7.89. The fraction of sp³-hybridized carbons (Fsp3) is 0.457. The molecule has 2 aliphatic heterocycles. The quantitative estimate of drug-likeness (QED) is 0.237. The van der Waals surface area contributed by atoms with Crippen molar-refractivity contribution in [1.29, 1.82) is 0 Å². The summed E-state index contributed by atoms with van der Waals surface area (Å²) >= 11 is 0. The zero-order valence-corrected chi connectivity index (χ0v) is 27.0. The highest BCUT2D eigenvalue weighted by atomic mass is 32.2. The molecule has 11 nitrogen and oxygen atoms in total. The van der Waals surface area contributed by atoms with Gasteiger partial charge in [-0.05, 0) is 61.1 Å². The molecule has 47 heavy (non-hydrogen) atoms. The van der Waals surface area contributed by atoms with Crippen LogP contribution in [0.3, 0.4) is 0 Å². The molecule has 1 aliphatic carbocycles. The van der Waals surface area contributed by atoms with Crippen molar-refractivity contribution in [2.45, 2.75) is 80.7 Å². The SMILES string of the molecule is O=C(N[C@@H](Cc1ccccc1)[C@H](O)CN(OC1CCCC1)S(=O)(=O)c1ccc(OCc2ccccc2)cc1)O[C@H]1CO[C@H]2OCC[C@H]21. The van der Waals surface area contributed by atoms with Crippen LogP contribution in [-0.4, -0.2) is 74.5 Å². The number of fused-ring (bicyclic) bond motifs is 1. The molecule has 3 aliphatic rings. The third-order valence-corrected chi connectivity index (χ3v) is 10.5. The monoisotopic (exact) mass is 666 g/mol. The molecule has 252 valence electrons. The molecule has 3 aromatic rings. The number of ether oxygens (including phenoxy) is 4. The van der Waals surface area contributed by atoms with Crippen molar-refractivity contribution in [3.63, 3.8) is 0 Å². The molecule has 6 rings (SSSR count). The maximum absolute atomic E-state index is 14.0. The first-order valence-corrected chi connectivity index (χ1v) is 17.7. The highest BCUT2D eigenvalue weighted by Crippen LogP contribution is 2.33. The van der Waals surface area contributed by atoms with Gasteiger partial charge in [0.05, 0.1) is 48.8 Å². The maximum Gasteiger partial charge on any atom is 0.407 e. The van der Waals surface area contributed by atoms with Gasteiger partial charge in [-0.2, -0.15) is 0 Å². The van der Waals surface area contributed by atoms with Crippen LogP contribution in [0.2, 0.25) is 0 Å². The number of hydrogen-bond donors (Lipinski definition) is 2. The molecule has 2 heterocycles. The first-order valence-electron chi connectivity index (χ1n) is 16.2. The van der Waals surface area contributed by atoms with E-state index in [1.807, 2.05) is 60.7 Å². The average molecular weight is 667 g/mol. The van der Waals surface area contributed by atoms with Gasteiger partial charge in [0.15, 0.2) is 6.29 Å². The summed E-state index contributed by atoms with van der Waals surface area (Å²) in [6.45, 7) is 0.706. The molecule has 0 radical (unpaired) electrons. The fourth-order valence-corrected chi connectivity index (χ4v) is 7.52. The van der Waals surface area contributed by atoms with Gasteiger partial charge in [-0.25, -0.2) is 13.2 Å². The van der Waals surface area contributed by atoms with Crippen molar-refractivity contribution >= 4 is 16.1 Å². The minimum Gasteiger partial charge on any atom is -0.489 e. The molecule has 2 saturated heterocycles. The summed E-state index contributed by atoms with van der Waals surface area (Å²) in [7, 11) is -4.21. The molecule has 1 amide bonds. The predicted octanol–water partition coefficient (Wildman–Crippen LogP) is 4.59. The first kappa shape index (κ1) is 33.4. The Balaban J connectivity index is 1.17. The minimum absolute atomic E-state index is 0.00342. The molecule has 0 bridgehead atoms. The normalized spacial score (nSPS) is 22.6. The van der Waals surface area contributed by atoms with Crippen LogP contribution < -0.4 is 10.1 Å². The number of carbonyl (C=O) groups excluding carboxylic acids is 1. The number of sulfonamides is 1. The van der Waals surface area contributed by atoms with Crippen molar-refractivity contribution < 1.29 is 42.1 Å². The summed E-state index contributed by atoms with van der Waals surface area (Å²) in [5.41, 5.74) is 1.84. The summed E-state index contributed by atoms with van der Waals surface area (Å²) in [6, 6.07) is 24.3. The van der Waals surface area contributed by atoms with Gasteiger partial charge in [0.1, 0.15) is 18.5 Å². The van der Waals surface area contributed by atoms with E-state index in [4.69, 9.17) is 23.8 Å². The predicted molar refractivity (Wildman–Crippen MR) is 172 cm³/mol. The van der Waals surface area contributed by atoms with E-state index < -0.39 is 40.9 Å². The molecule has 2 N–H and O–H groups in total. The lowest BCUT2D eigenvalue weighted by atomic mass is 10.0. The lowest BCUT2D eigenvalue weighted by Gasteiger charge is -2.31. The van der Waals surface area contributed by atoms with Crippen molar-refractivity contribution in [2.75, 3.05) is 19.8 Å². The number of rotatable bonds is 14. The van der Waals surface area contributed by atoms with E-state index in [2.05, 4.69) is 5.32 Å². The molecule has 0 spiro atoms. The van der Waals surface area contributed by atoms with Gasteiger partial charge in [0.25, 0.3) is 10.0 Å².